The third kappa shape index (κ3) is 4.71. The molecule has 1 amide bonds. The SMILES string of the molecule is CCN(Cc1ccc2c(c1)OCCO2)C(=O)COC(=O)c1ccccc1Cl. The Morgan fingerprint density at radius 2 is 1.85 bits per heavy atom. The minimum absolute atomic E-state index is 0.238. The molecule has 7 heteroatoms. The first-order valence-corrected chi connectivity index (χ1v) is 9.04. The number of carbonyl (C=O) groups is 2. The monoisotopic (exact) mass is 389 g/mol. The lowest BCUT2D eigenvalue weighted by Crippen LogP contribution is -2.34. The molecule has 0 aromatic heterocycles. The Bertz CT molecular complexity index is 839. The molecular formula is C20H20ClNO5. The van der Waals surface area contributed by atoms with E-state index in [2.05, 4.69) is 0 Å². The van der Waals surface area contributed by atoms with Gasteiger partial charge in [-0.05, 0) is 36.8 Å². The summed E-state index contributed by atoms with van der Waals surface area (Å²) in [6.07, 6.45) is 0. The maximum atomic E-state index is 12.4. The van der Waals surface area contributed by atoms with Gasteiger partial charge in [0.25, 0.3) is 5.91 Å². The molecule has 0 radical (unpaired) electrons. The van der Waals surface area contributed by atoms with E-state index < -0.39 is 5.97 Å². The summed E-state index contributed by atoms with van der Waals surface area (Å²) in [6, 6.07) is 12.1. The van der Waals surface area contributed by atoms with E-state index in [1.54, 1.807) is 29.2 Å². The van der Waals surface area contributed by atoms with Crippen LogP contribution in [0.15, 0.2) is 42.5 Å². The first kappa shape index (κ1) is 19.0. The number of hydrogen-bond donors (Lipinski definition) is 0. The van der Waals surface area contributed by atoms with Crippen LogP contribution >= 0.6 is 11.6 Å². The van der Waals surface area contributed by atoms with Gasteiger partial charge in [-0.2, -0.15) is 0 Å². The van der Waals surface area contributed by atoms with Gasteiger partial charge in [-0.15, -0.1) is 0 Å². The highest BCUT2D eigenvalue weighted by Crippen LogP contribution is 2.31. The van der Waals surface area contributed by atoms with Crippen LogP contribution in [0.4, 0.5) is 0 Å². The van der Waals surface area contributed by atoms with E-state index in [0.717, 1.165) is 5.56 Å². The van der Waals surface area contributed by atoms with E-state index in [1.165, 1.54) is 0 Å². The minimum atomic E-state index is -0.621. The number of amides is 1. The van der Waals surface area contributed by atoms with Crippen LogP contribution in [0.3, 0.4) is 0 Å². The molecule has 2 aromatic rings. The largest absolute Gasteiger partial charge is 0.486 e. The highest BCUT2D eigenvalue weighted by molar-refractivity contribution is 6.33. The fourth-order valence-electron chi connectivity index (χ4n) is 2.71. The van der Waals surface area contributed by atoms with E-state index in [9.17, 15) is 9.59 Å². The van der Waals surface area contributed by atoms with Gasteiger partial charge in [0.15, 0.2) is 18.1 Å². The Morgan fingerprint density at radius 1 is 1.11 bits per heavy atom. The summed E-state index contributed by atoms with van der Waals surface area (Å²) in [6.45, 7) is 3.42. The predicted molar refractivity (Wildman–Crippen MR) is 100 cm³/mol. The molecule has 142 valence electrons. The van der Waals surface area contributed by atoms with Gasteiger partial charge in [-0.3, -0.25) is 4.79 Å². The number of fused-ring (bicyclic) bond motifs is 1. The van der Waals surface area contributed by atoms with Crippen LogP contribution in [0.1, 0.15) is 22.8 Å². The fraction of sp³-hybridized carbons (Fsp3) is 0.300. The van der Waals surface area contributed by atoms with Gasteiger partial charge in [0.1, 0.15) is 13.2 Å². The lowest BCUT2D eigenvalue weighted by atomic mass is 10.1. The van der Waals surface area contributed by atoms with Gasteiger partial charge in [0.2, 0.25) is 0 Å². The van der Waals surface area contributed by atoms with Crippen molar-refractivity contribution in [2.24, 2.45) is 0 Å². The third-order valence-electron chi connectivity index (χ3n) is 4.13. The molecule has 0 spiro atoms. The Balaban J connectivity index is 1.59. The van der Waals surface area contributed by atoms with Crippen LogP contribution in [0.5, 0.6) is 11.5 Å². The van der Waals surface area contributed by atoms with Crippen LogP contribution < -0.4 is 9.47 Å². The predicted octanol–water partition coefficient (Wildman–Crippen LogP) is 3.32. The lowest BCUT2D eigenvalue weighted by molar-refractivity contribution is -0.134. The molecular weight excluding hydrogens is 370 g/mol. The number of esters is 1. The molecule has 1 aliphatic rings. The van der Waals surface area contributed by atoms with Gasteiger partial charge in [0, 0.05) is 13.1 Å². The third-order valence-corrected chi connectivity index (χ3v) is 4.46. The van der Waals surface area contributed by atoms with Gasteiger partial charge in [0.05, 0.1) is 10.6 Å². The van der Waals surface area contributed by atoms with E-state index in [4.69, 9.17) is 25.8 Å². The van der Waals surface area contributed by atoms with Crippen molar-refractivity contribution < 1.29 is 23.8 Å². The topological polar surface area (TPSA) is 65.1 Å². The number of benzene rings is 2. The smallest absolute Gasteiger partial charge is 0.340 e. The van der Waals surface area contributed by atoms with Crippen LogP contribution in [0.2, 0.25) is 5.02 Å². The highest BCUT2D eigenvalue weighted by atomic mass is 35.5. The van der Waals surface area contributed by atoms with Crippen molar-refractivity contribution in [1.82, 2.24) is 4.90 Å². The van der Waals surface area contributed by atoms with E-state index >= 15 is 0 Å². The Morgan fingerprint density at radius 3 is 2.59 bits per heavy atom. The second kappa shape index (κ2) is 8.77. The molecule has 0 aliphatic carbocycles. The van der Waals surface area contributed by atoms with Gasteiger partial charge >= 0.3 is 5.97 Å². The molecule has 6 nitrogen and oxygen atoms in total. The lowest BCUT2D eigenvalue weighted by Gasteiger charge is -2.23. The fourth-order valence-corrected chi connectivity index (χ4v) is 2.92. The Kier molecular flexibility index (Phi) is 6.19. The molecule has 0 saturated carbocycles. The molecule has 0 saturated heterocycles. The summed E-state index contributed by atoms with van der Waals surface area (Å²) < 4.78 is 16.2. The highest BCUT2D eigenvalue weighted by Gasteiger charge is 2.18. The number of likely N-dealkylation sites (N-methyl/N-ethyl adjacent to an activating group) is 1. The second-order valence-corrected chi connectivity index (χ2v) is 6.35. The normalized spacial score (nSPS) is 12.4. The summed E-state index contributed by atoms with van der Waals surface area (Å²) >= 11 is 5.97. The zero-order valence-electron chi connectivity index (χ0n) is 14.9. The number of ether oxygens (including phenoxy) is 3. The van der Waals surface area contributed by atoms with Crippen LogP contribution in [-0.2, 0) is 16.1 Å². The van der Waals surface area contributed by atoms with Gasteiger partial charge in [-0.1, -0.05) is 29.8 Å². The first-order valence-electron chi connectivity index (χ1n) is 8.66. The van der Waals surface area contributed by atoms with Crippen molar-refractivity contribution in [3.63, 3.8) is 0 Å². The van der Waals surface area contributed by atoms with Crippen LogP contribution in [0.25, 0.3) is 0 Å². The van der Waals surface area contributed by atoms with Gasteiger partial charge in [-0.25, -0.2) is 4.79 Å². The summed E-state index contributed by atoms with van der Waals surface area (Å²) in [7, 11) is 0. The Labute approximate surface area is 162 Å². The summed E-state index contributed by atoms with van der Waals surface area (Å²) in [5.74, 6) is 0.470. The first-order chi connectivity index (χ1) is 13.1. The zero-order valence-corrected chi connectivity index (χ0v) is 15.7. The Hall–Kier alpha value is -2.73. The van der Waals surface area contributed by atoms with Gasteiger partial charge < -0.3 is 19.1 Å². The number of carbonyl (C=O) groups excluding carboxylic acids is 2. The molecule has 2 aromatic carbocycles. The molecule has 0 atom stereocenters. The molecule has 1 heterocycles. The molecule has 0 fully saturated rings. The van der Waals surface area contributed by atoms with Crippen molar-refractivity contribution in [3.8, 4) is 11.5 Å². The average Bonchev–Trinajstić information content (AvgIpc) is 2.70. The number of hydrogen-bond acceptors (Lipinski definition) is 5. The standard InChI is InChI=1S/C20H20ClNO5/c1-2-22(12-14-7-8-17-18(11-14)26-10-9-25-17)19(23)13-27-20(24)15-5-3-4-6-16(15)21/h3-8,11H,2,9-10,12-13H2,1H3. The van der Waals surface area contributed by atoms with Crippen molar-refractivity contribution in [1.29, 1.82) is 0 Å². The summed E-state index contributed by atoms with van der Waals surface area (Å²) in [4.78, 5) is 26.1. The zero-order chi connectivity index (χ0) is 19.2. The number of halogens is 1. The van der Waals surface area contributed by atoms with Crippen LogP contribution in [0, 0.1) is 0 Å². The summed E-state index contributed by atoms with van der Waals surface area (Å²) in [5, 5.41) is 0.290. The minimum Gasteiger partial charge on any atom is -0.486 e. The average molecular weight is 390 g/mol. The van der Waals surface area contributed by atoms with Crippen molar-refractivity contribution >= 4 is 23.5 Å². The molecule has 0 bridgehead atoms. The summed E-state index contributed by atoms with van der Waals surface area (Å²) in [5.41, 5.74) is 1.15. The second-order valence-electron chi connectivity index (χ2n) is 5.94. The van der Waals surface area contributed by atoms with E-state index in [-0.39, 0.29) is 18.1 Å². The van der Waals surface area contributed by atoms with Crippen molar-refractivity contribution in [2.45, 2.75) is 13.5 Å². The number of nitrogens with zero attached hydrogens (tertiary/aromatic N) is 1. The maximum Gasteiger partial charge on any atom is 0.340 e. The molecule has 0 unspecified atom stereocenters. The van der Waals surface area contributed by atoms with Crippen molar-refractivity contribution in [2.75, 3.05) is 26.4 Å². The molecule has 3 rings (SSSR count). The van der Waals surface area contributed by atoms with E-state index in [1.807, 2.05) is 25.1 Å². The quantitative estimate of drug-likeness (QED) is 0.709. The van der Waals surface area contributed by atoms with Crippen molar-refractivity contribution in [3.05, 3.63) is 58.6 Å². The molecule has 1 aliphatic heterocycles. The van der Waals surface area contributed by atoms with Crippen LogP contribution in [-0.4, -0.2) is 43.1 Å². The number of rotatable bonds is 6. The molecule has 0 N–H and O–H groups in total. The van der Waals surface area contributed by atoms with E-state index in [0.29, 0.717) is 42.8 Å². The maximum absolute atomic E-state index is 12.4. The molecule has 27 heavy (non-hydrogen) atoms.